The summed E-state index contributed by atoms with van der Waals surface area (Å²) in [5.74, 6) is 1.54. The number of imidazole rings is 2. The van der Waals surface area contributed by atoms with Crippen molar-refractivity contribution in [2.24, 2.45) is 14.1 Å². The minimum Gasteiger partial charge on any atom is -0.512 e. The Kier molecular flexibility index (Phi) is 10.0. The summed E-state index contributed by atoms with van der Waals surface area (Å²) in [7, 11) is 3.95. The van der Waals surface area contributed by atoms with Crippen molar-refractivity contribution < 1.29 is 24.5 Å². The Labute approximate surface area is 211 Å². The van der Waals surface area contributed by atoms with Gasteiger partial charge >= 0.3 is 20.1 Å². The second kappa shape index (κ2) is 12.9. The molecule has 3 aromatic heterocycles. The van der Waals surface area contributed by atoms with Gasteiger partial charge in [-0.05, 0) is 11.8 Å². The predicted octanol–water partition coefficient (Wildman–Crippen LogP) is 5.07. The Bertz CT molecular complexity index is 1250. The maximum absolute atomic E-state index is 12.6. The fraction of sp³-hybridized carbons (Fsp3) is 0.0769. The molecule has 0 aliphatic rings. The minimum absolute atomic E-state index is 0. The maximum atomic E-state index is 12.6. The van der Waals surface area contributed by atoms with Crippen molar-refractivity contribution in [3.8, 4) is 34.0 Å². The van der Waals surface area contributed by atoms with Gasteiger partial charge in [0.1, 0.15) is 0 Å². The molecule has 170 valence electrons. The van der Waals surface area contributed by atoms with Crippen LogP contribution < -0.4 is 0 Å². The van der Waals surface area contributed by atoms with Gasteiger partial charge in [-0.15, -0.1) is 54.1 Å². The molecule has 6 nitrogen and oxygen atoms in total. The Morgan fingerprint density at radius 1 is 0.765 bits per heavy atom. The molecule has 5 aromatic rings. The van der Waals surface area contributed by atoms with Gasteiger partial charge in [-0.2, -0.15) is 0 Å². The minimum atomic E-state index is -0.278. The molecule has 0 saturated carbocycles. The molecule has 3 heterocycles. The van der Waals surface area contributed by atoms with Crippen molar-refractivity contribution in [2.75, 3.05) is 0 Å². The van der Waals surface area contributed by atoms with Gasteiger partial charge in [0.05, 0.1) is 11.6 Å². The van der Waals surface area contributed by atoms with Gasteiger partial charge in [0.15, 0.2) is 0 Å². The first-order valence-corrected chi connectivity index (χ1v) is 9.90. The van der Waals surface area contributed by atoms with Gasteiger partial charge in [-0.1, -0.05) is 23.3 Å². The number of pyridine rings is 1. The van der Waals surface area contributed by atoms with Crippen LogP contribution in [0.4, 0.5) is 4.39 Å². The normalized spacial score (nSPS) is 9.56. The van der Waals surface area contributed by atoms with Gasteiger partial charge < -0.3 is 26.0 Å². The number of aromatic nitrogens is 5. The van der Waals surface area contributed by atoms with Crippen LogP contribution in [0.25, 0.3) is 34.0 Å². The molecule has 0 bridgehead atoms. The van der Waals surface area contributed by atoms with E-state index in [1.54, 1.807) is 24.7 Å². The van der Waals surface area contributed by atoms with Crippen molar-refractivity contribution in [1.29, 1.82) is 5.26 Å². The number of benzene rings is 2. The Balaban J connectivity index is 0.000000227. The van der Waals surface area contributed by atoms with Crippen molar-refractivity contribution >= 4 is 0 Å². The third-order valence-electron chi connectivity index (χ3n) is 4.63. The molecule has 34 heavy (non-hydrogen) atoms. The maximum Gasteiger partial charge on any atom is 3.00 e. The standard InChI is InChI=1S/C14H13N4.C11H7FN.CN.Ir/c1-17-8-6-15-13(17)11-4-3-5-12(10-11)14-16-7-9-18(14)2;12-10-6-4-9(5-7-10)11-3-1-2-8-13-11;1-2;/h3-9H,1-2H3;1-4,6-8H;;/q3*-1;+3. The molecule has 0 aliphatic carbocycles. The van der Waals surface area contributed by atoms with Crippen molar-refractivity contribution in [2.45, 2.75) is 0 Å². The van der Waals surface area contributed by atoms with E-state index in [1.165, 1.54) is 12.1 Å². The average Bonchev–Trinajstić information content (AvgIpc) is 3.50. The van der Waals surface area contributed by atoms with Crippen LogP contribution in [0.15, 0.2) is 85.6 Å². The third-order valence-corrected chi connectivity index (χ3v) is 4.63. The van der Waals surface area contributed by atoms with E-state index in [9.17, 15) is 4.39 Å². The number of nitrogens with zero attached hydrogens (tertiary/aromatic N) is 6. The van der Waals surface area contributed by atoms with Gasteiger partial charge in [-0.3, -0.25) is 14.4 Å². The van der Waals surface area contributed by atoms with E-state index >= 15 is 0 Å². The summed E-state index contributed by atoms with van der Waals surface area (Å²) in [6.45, 7) is 4.75. The van der Waals surface area contributed by atoms with Crippen LogP contribution in [-0.2, 0) is 34.2 Å². The molecule has 8 heteroatoms. The first-order valence-electron chi connectivity index (χ1n) is 9.90. The van der Waals surface area contributed by atoms with Gasteiger partial charge in [0.25, 0.3) is 0 Å². The summed E-state index contributed by atoms with van der Waals surface area (Å²) in [4.78, 5) is 12.8. The molecule has 0 fully saturated rings. The molecule has 0 spiro atoms. The number of hydrogen-bond acceptors (Lipinski definition) is 4. The van der Waals surface area contributed by atoms with Crippen LogP contribution in [0.5, 0.6) is 0 Å². The van der Waals surface area contributed by atoms with Crippen LogP contribution in [0.3, 0.4) is 0 Å². The number of hydrogen-bond donors (Lipinski definition) is 0. The summed E-state index contributed by atoms with van der Waals surface area (Å²) < 4.78 is 16.5. The molecule has 0 unspecified atom stereocenters. The molecule has 0 N–H and O–H groups in total. The molecular formula is C26H20FIrN6. The summed E-state index contributed by atoms with van der Waals surface area (Å²) in [6, 6.07) is 22.2. The van der Waals surface area contributed by atoms with Crippen LogP contribution in [0.2, 0.25) is 0 Å². The molecule has 0 saturated heterocycles. The topological polar surface area (TPSA) is 72.3 Å². The molecule has 5 rings (SSSR count). The van der Waals surface area contributed by atoms with E-state index in [0.29, 0.717) is 0 Å². The molecule has 0 aliphatic heterocycles. The first kappa shape index (κ1) is 26.3. The van der Waals surface area contributed by atoms with Crippen LogP contribution in [0.1, 0.15) is 0 Å². The van der Waals surface area contributed by atoms with E-state index in [-0.39, 0.29) is 25.9 Å². The Hall–Kier alpha value is -3.92. The number of rotatable bonds is 3. The second-order valence-electron chi connectivity index (χ2n) is 6.84. The van der Waals surface area contributed by atoms with E-state index in [2.05, 4.69) is 27.1 Å². The number of halogens is 1. The summed E-state index contributed by atoms with van der Waals surface area (Å²) in [5.41, 5.74) is 3.57. The van der Waals surface area contributed by atoms with E-state index in [1.807, 2.05) is 72.0 Å². The fourth-order valence-corrected chi connectivity index (χ4v) is 3.07. The van der Waals surface area contributed by atoms with Crippen molar-refractivity contribution in [3.63, 3.8) is 0 Å². The van der Waals surface area contributed by atoms with Crippen molar-refractivity contribution in [1.82, 2.24) is 24.1 Å². The SMILES string of the molecule is Cn1ccnc1-c1[c-]c(-c2nccn2C)ccc1.Fc1c[c-]c(-c2ccccn2)cc1.[C-]#N.[Ir+3]. The smallest absolute Gasteiger partial charge is 0.512 e. The predicted molar refractivity (Wildman–Crippen MR) is 123 cm³/mol. The zero-order valence-corrected chi connectivity index (χ0v) is 20.9. The second-order valence-corrected chi connectivity index (χ2v) is 6.84. The molecule has 2 aromatic carbocycles. The largest absolute Gasteiger partial charge is 3.00 e. The van der Waals surface area contributed by atoms with Crippen molar-refractivity contribution in [3.05, 3.63) is 110 Å². The van der Waals surface area contributed by atoms with Gasteiger partial charge in [0, 0.05) is 50.9 Å². The molecule has 0 radical (unpaired) electrons. The fourth-order valence-electron chi connectivity index (χ4n) is 3.07. The summed E-state index contributed by atoms with van der Waals surface area (Å²) >= 11 is 0. The first-order chi connectivity index (χ1) is 16.1. The molecule has 0 amide bonds. The Morgan fingerprint density at radius 2 is 1.38 bits per heavy atom. The van der Waals surface area contributed by atoms with Crippen LogP contribution in [-0.4, -0.2) is 24.1 Å². The monoisotopic (exact) mass is 628 g/mol. The summed E-state index contributed by atoms with van der Waals surface area (Å²) in [5, 5.41) is 6.25. The molecule has 0 atom stereocenters. The number of aryl methyl sites for hydroxylation is 2. The third kappa shape index (κ3) is 6.55. The quantitative estimate of drug-likeness (QED) is 0.262. The average molecular weight is 628 g/mol. The summed E-state index contributed by atoms with van der Waals surface area (Å²) in [6.07, 6.45) is 9.13. The zero-order valence-electron chi connectivity index (χ0n) is 18.5. The van der Waals surface area contributed by atoms with Crippen LogP contribution >= 0.6 is 0 Å². The zero-order chi connectivity index (χ0) is 23.6. The Morgan fingerprint density at radius 3 is 1.82 bits per heavy atom. The molecular weight excluding hydrogens is 608 g/mol. The van der Waals surface area contributed by atoms with E-state index < -0.39 is 0 Å². The van der Waals surface area contributed by atoms with E-state index in [0.717, 1.165) is 34.0 Å². The van der Waals surface area contributed by atoms with Gasteiger partial charge in [-0.25, -0.2) is 0 Å². The van der Waals surface area contributed by atoms with E-state index in [4.69, 9.17) is 11.8 Å². The van der Waals surface area contributed by atoms with Crippen LogP contribution in [0, 0.1) is 29.8 Å². The van der Waals surface area contributed by atoms with Gasteiger partial charge in [0.2, 0.25) is 0 Å².